The van der Waals surface area contributed by atoms with E-state index in [0.717, 1.165) is 25.8 Å². The first-order valence-electron chi connectivity index (χ1n) is 9.27. The van der Waals surface area contributed by atoms with Crippen LogP contribution in [0.5, 0.6) is 0 Å². The van der Waals surface area contributed by atoms with E-state index in [9.17, 15) is 0 Å². The molecule has 0 spiro atoms. The molecule has 1 saturated heterocycles. The van der Waals surface area contributed by atoms with Gasteiger partial charge in [-0.3, -0.25) is 0 Å². The predicted octanol–water partition coefficient (Wildman–Crippen LogP) is 5.06. The fraction of sp³-hybridized carbons (Fsp3) is 0.895. The molecule has 1 aliphatic heterocycles. The van der Waals surface area contributed by atoms with Gasteiger partial charge in [0.25, 0.3) is 0 Å². The Morgan fingerprint density at radius 3 is 1.87 bits per heavy atom. The zero-order valence-electron chi connectivity index (χ0n) is 16.3. The Kier molecular flexibility index (Phi) is 22.6. The number of halogens is 1. The summed E-state index contributed by atoms with van der Waals surface area (Å²) in [5.74, 6) is 1.36. The number of piperidine rings is 1. The third-order valence-electron chi connectivity index (χ3n) is 4.59. The average Bonchev–Trinajstić information content (AvgIpc) is 2.55. The van der Waals surface area contributed by atoms with E-state index in [1.165, 1.54) is 12.8 Å². The van der Waals surface area contributed by atoms with Crippen LogP contribution in [-0.2, 0) is 0 Å². The smallest absolute Gasteiger partial charge is 0.0540 e. The van der Waals surface area contributed by atoms with E-state index in [-0.39, 0.29) is 30.1 Å². The van der Waals surface area contributed by atoms with Crippen molar-refractivity contribution in [1.82, 2.24) is 4.90 Å². The molecule has 2 fully saturated rings. The lowest BCUT2D eigenvalue weighted by Gasteiger charge is -2.42. The van der Waals surface area contributed by atoms with Crippen molar-refractivity contribution < 1.29 is 10.2 Å². The summed E-state index contributed by atoms with van der Waals surface area (Å²) >= 11 is 0. The summed E-state index contributed by atoms with van der Waals surface area (Å²) < 4.78 is 0. The number of hydrogen-bond donors (Lipinski definition) is 2. The minimum atomic E-state index is 0. The van der Waals surface area contributed by atoms with Crippen molar-refractivity contribution in [3.63, 3.8) is 0 Å². The quantitative estimate of drug-likeness (QED) is 0.600. The molecule has 142 valence electrons. The predicted molar refractivity (Wildman–Crippen MR) is 113 cm³/mol. The van der Waals surface area contributed by atoms with Gasteiger partial charge < -0.3 is 15.1 Å². The number of rotatable bonds is 3. The number of likely N-dealkylation sites (tertiary alicyclic amines) is 1. The third kappa shape index (κ3) is 11.4. The van der Waals surface area contributed by atoms with E-state index in [2.05, 4.69) is 25.3 Å². The van der Waals surface area contributed by atoms with Gasteiger partial charge in [0.2, 0.25) is 0 Å². The lowest BCUT2D eigenvalue weighted by Crippen LogP contribution is -2.43. The molecule has 1 saturated carbocycles. The summed E-state index contributed by atoms with van der Waals surface area (Å²) in [4.78, 5) is 2.30. The van der Waals surface area contributed by atoms with Crippen molar-refractivity contribution in [2.75, 3.05) is 13.2 Å². The maximum atomic E-state index is 8.91. The molecule has 23 heavy (non-hydrogen) atoms. The molecule has 1 aliphatic carbocycles. The van der Waals surface area contributed by atoms with Gasteiger partial charge in [-0.15, -0.1) is 24.0 Å². The summed E-state index contributed by atoms with van der Waals surface area (Å²) in [6.07, 6.45) is 7.47. The van der Waals surface area contributed by atoms with Crippen LogP contribution in [0.15, 0.2) is 12.8 Å². The maximum Gasteiger partial charge on any atom is 0.0540 e. The standard InChI is InChI=1S/C11H21NO.C4H8O.2C2H6.HI/c1-4-12-7-5-11(6-8-13)9(2)10(12)3;5-4-2-1-3-4;2*1-2;/h4,9-11,13H,1,5-8H2,2-3H3;4-5H,1-3H2;2*1-2H3;1H. The molecule has 2 aliphatic rings. The molecule has 3 unspecified atom stereocenters. The number of nitrogens with zero attached hydrogens (tertiary/aromatic N) is 1. The molecule has 0 aromatic carbocycles. The zero-order valence-corrected chi connectivity index (χ0v) is 18.6. The first kappa shape index (κ1) is 28.0. The molecule has 2 rings (SSSR count). The van der Waals surface area contributed by atoms with E-state index in [1.807, 2.05) is 33.9 Å². The van der Waals surface area contributed by atoms with Crippen molar-refractivity contribution in [3.8, 4) is 0 Å². The van der Waals surface area contributed by atoms with Gasteiger partial charge in [0, 0.05) is 19.2 Å². The summed E-state index contributed by atoms with van der Waals surface area (Å²) in [7, 11) is 0. The van der Waals surface area contributed by atoms with Gasteiger partial charge in [-0.1, -0.05) is 41.2 Å². The van der Waals surface area contributed by atoms with Crippen molar-refractivity contribution >= 4 is 24.0 Å². The van der Waals surface area contributed by atoms with Crippen molar-refractivity contribution in [3.05, 3.63) is 12.8 Å². The van der Waals surface area contributed by atoms with Gasteiger partial charge in [0.15, 0.2) is 0 Å². The van der Waals surface area contributed by atoms with Crippen LogP contribution in [0.3, 0.4) is 0 Å². The Morgan fingerprint density at radius 1 is 1.09 bits per heavy atom. The molecular weight excluding hydrogens is 401 g/mol. The molecule has 0 aromatic rings. The monoisotopic (exact) mass is 443 g/mol. The highest BCUT2D eigenvalue weighted by Crippen LogP contribution is 2.30. The molecule has 0 amide bonds. The van der Waals surface area contributed by atoms with Gasteiger partial charge in [-0.25, -0.2) is 0 Å². The van der Waals surface area contributed by atoms with Gasteiger partial charge in [-0.05, 0) is 57.1 Å². The minimum absolute atomic E-state index is 0. The van der Waals surface area contributed by atoms with Crippen LogP contribution in [0.1, 0.15) is 73.6 Å². The highest BCUT2D eigenvalue weighted by Gasteiger charge is 2.29. The number of aliphatic hydroxyl groups is 2. The van der Waals surface area contributed by atoms with Crippen LogP contribution in [0.4, 0.5) is 0 Å². The summed E-state index contributed by atoms with van der Waals surface area (Å²) in [5, 5.41) is 17.4. The largest absolute Gasteiger partial charge is 0.396 e. The molecule has 2 N–H and O–H groups in total. The van der Waals surface area contributed by atoms with Crippen LogP contribution in [0.25, 0.3) is 0 Å². The van der Waals surface area contributed by atoms with Crippen LogP contribution in [0.2, 0.25) is 0 Å². The molecule has 0 aromatic heterocycles. The second-order valence-electron chi connectivity index (χ2n) is 5.67. The van der Waals surface area contributed by atoms with Gasteiger partial charge >= 0.3 is 0 Å². The fourth-order valence-electron chi connectivity index (χ4n) is 2.69. The highest BCUT2D eigenvalue weighted by molar-refractivity contribution is 14.0. The topological polar surface area (TPSA) is 43.7 Å². The van der Waals surface area contributed by atoms with Crippen molar-refractivity contribution in [2.45, 2.75) is 85.8 Å². The van der Waals surface area contributed by atoms with Crippen LogP contribution >= 0.6 is 24.0 Å². The Labute approximate surface area is 162 Å². The second kappa shape index (κ2) is 18.5. The SMILES string of the molecule is C=CN1CCC(CCO)C(C)C1C.CC.CC.I.OC1CCC1. The van der Waals surface area contributed by atoms with Crippen LogP contribution < -0.4 is 0 Å². The van der Waals surface area contributed by atoms with Gasteiger partial charge in [-0.2, -0.15) is 0 Å². The summed E-state index contributed by atoms with van der Waals surface area (Å²) in [6, 6.07) is 0.572. The molecular formula is C19H42INO2. The lowest BCUT2D eigenvalue weighted by atomic mass is 9.80. The molecule has 0 radical (unpaired) electrons. The fourth-order valence-corrected chi connectivity index (χ4v) is 2.69. The van der Waals surface area contributed by atoms with Crippen molar-refractivity contribution in [1.29, 1.82) is 0 Å². The normalized spacial score (nSPS) is 25.7. The Balaban J connectivity index is -0.000000335. The molecule has 1 heterocycles. The minimum Gasteiger partial charge on any atom is -0.396 e. The Bertz CT molecular complexity index is 248. The Morgan fingerprint density at radius 2 is 1.57 bits per heavy atom. The molecule has 0 bridgehead atoms. The highest BCUT2D eigenvalue weighted by atomic mass is 127. The molecule has 3 nitrogen and oxygen atoms in total. The van der Waals surface area contributed by atoms with Crippen LogP contribution in [-0.4, -0.2) is 40.4 Å². The number of aliphatic hydroxyl groups excluding tert-OH is 2. The molecule has 4 heteroatoms. The molecule has 3 atom stereocenters. The van der Waals surface area contributed by atoms with Crippen molar-refractivity contribution in [2.24, 2.45) is 11.8 Å². The summed E-state index contributed by atoms with van der Waals surface area (Å²) in [6.45, 7) is 17.8. The first-order chi connectivity index (χ1) is 10.6. The second-order valence-corrected chi connectivity index (χ2v) is 5.67. The van der Waals surface area contributed by atoms with Crippen LogP contribution in [0, 0.1) is 11.8 Å². The summed E-state index contributed by atoms with van der Waals surface area (Å²) in [5.41, 5.74) is 0. The van der Waals surface area contributed by atoms with E-state index in [0.29, 0.717) is 24.5 Å². The van der Waals surface area contributed by atoms with Gasteiger partial charge in [0.1, 0.15) is 0 Å². The third-order valence-corrected chi connectivity index (χ3v) is 4.59. The lowest BCUT2D eigenvalue weighted by molar-refractivity contribution is 0.0902. The Hall–Kier alpha value is 0.190. The zero-order chi connectivity index (χ0) is 17.5. The van der Waals surface area contributed by atoms with E-state index in [1.54, 1.807) is 0 Å². The van der Waals surface area contributed by atoms with E-state index < -0.39 is 0 Å². The van der Waals surface area contributed by atoms with Gasteiger partial charge in [0.05, 0.1) is 6.10 Å². The number of hydrogen-bond acceptors (Lipinski definition) is 3. The maximum absolute atomic E-state index is 8.91. The van der Waals surface area contributed by atoms with E-state index in [4.69, 9.17) is 10.2 Å². The first-order valence-corrected chi connectivity index (χ1v) is 9.27. The van der Waals surface area contributed by atoms with E-state index >= 15 is 0 Å². The average molecular weight is 443 g/mol.